The average Bonchev–Trinajstić information content (AvgIpc) is 3.90. The fraction of sp³-hybridized carbons (Fsp3) is 0.290. The summed E-state index contributed by atoms with van der Waals surface area (Å²) in [5.41, 5.74) is 11.9. The molecule has 0 fully saturated rings. The van der Waals surface area contributed by atoms with E-state index in [9.17, 15) is 0 Å². The topological polar surface area (TPSA) is 33.5 Å². The molecule has 5 nitrogen and oxygen atoms in total. The SMILES string of the molecule is CC(C)(C)C1=CN(c2[c-]c(Oc3[c-]c4c(cc3)c3cc(C(C)(C)c5ccccc5)ccc3n4-c3cc(C(C)(C)C)ccn3)cc(C(C)(C)C)c2)[CH-]N1c1cccc(C(C)(C)c2ccccc2)c1.[Pt]. The Hall–Kier alpha value is -5.90. The zero-order valence-corrected chi connectivity index (χ0v) is 44.3. The molecule has 0 spiro atoms. The summed E-state index contributed by atoms with van der Waals surface area (Å²) < 4.78 is 9.15. The van der Waals surface area contributed by atoms with Crippen LogP contribution in [-0.2, 0) is 42.7 Å². The van der Waals surface area contributed by atoms with Crippen molar-refractivity contribution in [3.63, 3.8) is 0 Å². The van der Waals surface area contributed by atoms with Gasteiger partial charge in [-0.15, -0.1) is 53.6 Å². The van der Waals surface area contributed by atoms with Crippen molar-refractivity contribution in [3.8, 4) is 17.3 Å². The third-order valence-corrected chi connectivity index (χ3v) is 13.8. The first-order valence-corrected chi connectivity index (χ1v) is 23.7. The molecule has 0 atom stereocenters. The quantitative estimate of drug-likeness (QED) is 0.135. The zero-order chi connectivity index (χ0) is 47.7. The number of nitrogens with zero attached hydrogens (tertiary/aromatic N) is 4. The first-order chi connectivity index (χ1) is 31.6. The van der Waals surface area contributed by atoms with Crippen LogP contribution in [0.1, 0.15) is 123 Å². The van der Waals surface area contributed by atoms with Crippen molar-refractivity contribution in [3.05, 3.63) is 210 Å². The summed E-state index contributed by atoms with van der Waals surface area (Å²) in [5, 5.41) is 2.24. The van der Waals surface area contributed by atoms with E-state index in [2.05, 4.69) is 263 Å². The van der Waals surface area contributed by atoms with Crippen molar-refractivity contribution in [1.29, 1.82) is 0 Å². The van der Waals surface area contributed by atoms with Gasteiger partial charge < -0.3 is 19.1 Å². The predicted molar refractivity (Wildman–Crippen MR) is 281 cm³/mol. The van der Waals surface area contributed by atoms with Crippen molar-refractivity contribution >= 4 is 33.2 Å². The van der Waals surface area contributed by atoms with Gasteiger partial charge in [0, 0.05) is 71.9 Å². The second-order valence-electron chi connectivity index (χ2n) is 22.5. The van der Waals surface area contributed by atoms with Gasteiger partial charge in [-0.1, -0.05) is 180 Å². The molecule has 0 amide bonds. The molecule has 0 N–H and O–H groups in total. The number of rotatable bonds is 9. The molecule has 3 heterocycles. The van der Waals surface area contributed by atoms with Crippen LogP contribution in [-0.4, -0.2) is 9.55 Å². The molecule has 0 saturated heterocycles. The molecule has 352 valence electrons. The minimum Gasteiger partial charge on any atom is -0.509 e. The second kappa shape index (κ2) is 17.9. The van der Waals surface area contributed by atoms with E-state index in [0.29, 0.717) is 11.5 Å². The molecule has 0 unspecified atom stereocenters. The average molecular weight is 1080 g/mol. The molecule has 1 aliphatic rings. The monoisotopic (exact) mass is 1080 g/mol. The van der Waals surface area contributed by atoms with Crippen LogP contribution >= 0.6 is 0 Å². The molecule has 6 heteroatoms. The number of pyridine rings is 1. The minimum absolute atomic E-state index is 0. The largest absolute Gasteiger partial charge is 0.509 e. The Morgan fingerprint density at radius 3 is 1.74 bits per heavy atom. The van der Waals surface area contributed by atoms with Gasteiger partial charge in [0.2, 0.25) is 0 Å². The number of anilines is 2. The van der Waals surface area contributed by atoms with E-state index >= 15 is 0 Å². The predicted octanol–water partition coefficient (Wildman–Crippen LogP) is 16.1. The number of hydrogen-bond acceptors (Lipinski definition) is 4. The molecular formula is C62H65N4OPt-3. The number of benzene rings is 6. The molecule has 0 saturated carbocycles. The van der Waals surface area contributed by atoms with Crippen LogP contribution in [0.2, 0.25) is 0 Å². The number of ether oxygens (including phenoxy) is 1. The molecule has 0 radical (unpaired) electrons. The van der Waals surface area contributed by atoms with Gasteiger partial charge in [-0.2, -0.15) is 6.07 Å². The van der Waals surface area contributed by atoms with E-state index in [1.807, 2.05) is 12.3 Å². The summed E-state index contributed by atoms with van der Waals surface area (Å²) in [6, 6.07) is 57.7. The van der Waals surface area contributed by atoms with Gasteiger partial charge in [-0.3, -0.25) is 0 Å². The Bertz CT molecular complexity index is 3140. The number of hydrogen-bond donors (Lipinski definition) is 0. The Morgan fingerprint density at radius 2 is 1.12 bits per heavy atom. The van der Waals surface area contributed by atoms with Crippen LogP contribution in [0.4, 0.5) is 11.4 Å². The van der Waals surface area contributed by atoms with Crippen LogP contribution in [0.15, 0.2) is 158 Å². The van der Waals surface area contributed by atoms with E-state index in [4.69, 9.17) is 9.72 Å². The summed E-state index contributed by atoms with van der Waals surface area (Å²) in [5.74, 6) is 2.09. The van der Waals surface area contributed by atoms with Gasteiger partial charge in [0.1, 0.15) is 5.82 Å². The molecule has 8 aromatic rings. The third kappa shape index (κ3) is 9.32. The van der Waals surface area contributed by atoms with Crippen LogP contribution in [0.5, 0.6) is 11.5 Å². The number of allylic oxidation sites excluding steroid dienone is 1. The number of aromatic nitrogens is 2. The summed E-state index contributed by atoms with van der Waals surface area (Å²) in [6.45, 7) is 31.7. The molecule has 1 aliphatic heterocycles. The summed E-state index contributed by atoms with van der Waals surface area (Å²) >= 11 is 0. The number of fused-ring (bicyclic) bond motifs is 3. The van der Waals surface area contributed by atoms with Crippen molar-refractivity contribution in [1.82, 2.24) is 9.55 Å². The summed E-state index contributed by atoms with van der Waals surface area (Å²) in [6.07, 6.45) is 4.17. The maximum atomic E-state index is 6.90. The Kier molecular flexibility index (Phi) is 12.8. The molecule has 6 aromatic carbocycles. The van der Waals surface area contributed by atoms with E-state index in [-0.39, 0.29) is 48.1 Å². The molecule has 68 heavy (non-hydrogen) atoms. The molecule has 9 rings (SSSR count). The van der Waals surface area contributed by atoms with Gasteiger partial charge in [-0.05, 0) is 80.6 Å². The van der Waals surface area contributed by atoms with Crippen molar-refractivity contribution in [2.75, 3.05) is 9.80 Å². The maximum Gasteiger partial charge on any atom is 0.135 e. The third-order valence-electron chi connectivity index (χ3n) is 13.8. The fourth-order valence-electron chi connectivity index (χ4n) is 9.29. The van der Waals surface area contributed by atoms with Crippen LogP contribution in [0.25, 0.3) is 27.6 Å². The van der Waals surface area contributed by atoms with E-state index in [0.717, 1.165) is 44.6 Å². The Balaban J connectivity index is 0.00000625. The van der Waals surface area contributed by atoms with Crippen LogP contribution < -0.4 is 14.5 Å². The van der Waals surface area contributed by atoms with Gasteiger partial charge in [0.05, 0.1) is 0 Å². The Labute approximate surface area is 420 Å². The normalized spacial score (nSPS) is 13.8. The van der Waals surface area contributed by atoms with E-state index in [1.165, 1.54) is 33.5 Å². The van der Waals surface area contributed by atoms with Gasteiger partial charge in [0.25, 0.3) is 0 Å². The van der Waals surface area contributed by atoms with Crippen molar-refractivity contribution < 1.29 is 25.8 Å². The smallest absolute Gasteiger partial charge is 0.135 e. The maximum absolute atomic E-state index is 6.90. The van der Waals surface area contributed by atoms with Crippen LogP contribution in [0, 0.1) is 24.2 Å². The van der Waals surface area contributed by atoms with Crippen molar-refractivity contribution in [2.24, 2.45) is 5.41 Å². The minimum atomic E-state index is -0.206. The zero-order valence-electron chi connectivity index (χ0n) is 42.0. The molecule has 0 bridgehead atoms. The molecule has 0 aliphatic carbocycles. The molecular weight excluding hydrogens is 1010 g/mol. The van der Waals surface area contributed by atoms with Crippen molar-refractivity contribution in [2.45, 2.75) is 112 Å². The first-order valence-electron chi connectivity index (χ1n) is 23.7. The first kappa shape index (κ1) is 48.6. The van der Waals surface area contributed by atoms with E-state index < -0.39 is 0 Å². The second-order valence-corrected chi connectivity index (χ2v) is 22.5. The van der Waals surface area contributed by atoms with E-state index in [1.54, 1.807) is 0 Å². The van der Waals surface area contributed by atoms with Gasteiger partial charge in [0.15, 0.2) is 0 Å². The van der Waals surface area contributed by atoms with Gasteiger partial charge in [-0.25, -0.2) is 4.98 Å². The summed E-state index contributed by atoms with van der Waals surface area (Å²) in [7, 11) is 0. The molecule has 2 aromatic heterocycles. The Morgan fingerprint density at radius 1 is 0.500 bits per heavy atom. The summed E-state index contributed by atoms with van der Waals surface area (Å²) in [4.78, 5) is 9.51. The van der Waals surface area contributed by atoms with Crippen LogP contribution in [0.3, 0.4) is 0 Å². The fourth-order valence-corrected chi connectivity index (χ4v) is 9.29. The standard InChI is InChI=1S/C62H65N4O.Pt/c1-58(2,3)44-31-32-63-57(37-44)66-54-30-27-46(62(12,13)43-23-18-15-19-24-43)36-53(54)52-29-28-50(39-55(52)66)67-51-35-47(59(4,5)6)34-49(38-51)64-40-56(60(7,8)9)65(41-64)48-26-20-25-45(33-48)61(10,11)42-21-16-14-17-22-42;/h14-37,40-41H,1-13H3;/q-3;. The van der Waals surface area contributed by atoms with Gasteiger partial charge >= 0.3 is 0 Å².